The number of hydrogen-bond acceptors (Lipinski definition) is 5. The average Bonchev–Trinajstić information content (AvgIpc) is 3.53. The second-order valence-corrected chi connectivity index (χ2v) is 16.2. The molecule has 2 heterocycles. The van der Waals surface area contributed by atoms with Crippen molar-refractivity contribution in [3.63, 3.8) is 0 Å². The smallest absolute Gasteiger partial charge is 0.209 e. The summed E-state index contributed by atoms with van der Waals surface area (Å²) < 4.78 is 18.3. The van der Waals surface area contributed by atoms with Gasteiger partial charge in [-0.2, -0.15) is 0 Å². The van der Waals surface area contributed by atoms with Crippen LogP contribution in [0.3, 0.4) is 0 Å². The lowest BCUT2D eigenvalue weighted by Crippen LogP contribution is -2.50. The van der Waals surface area contributed by atoms with Gasteiger partial charge < -0.3 is 24.0 Å². The molecule has 0 aromatic rings. The van der Waals surface area contributed by atoms with Gasteiger partial charge in [-0.15, -0.1) is 0 Å². The second kappa shape index (κ2) is 36.4. The maximum Gasteiger partial charge on any atom is 0.209 e. The number of allylic oxidation sites excluding steroid dienone is 10. The van der Waals surface area contributed by atoms with Crippen LogP contribution in [0.15, 0.2) is 60.8 Å². The number of hydrogen-bond donors (Lipinski definition) is 0. The van der Waals surface area contributed by atoms with Gasteiger partial charge in [0.1, 0.15) is 5.60 Å². The summed E-state index contributed by atoms with van der Waals surface area (Å²) in [6.07, 6.45) is 55.2. The minimum Gasteiger partial charge on any atom is -0.383 e. The Morgan fingerprint density at radius 1 is 0.655 bits per heavy atom. The summed E-state index contributed by atoms with van der Waals surface area (Å²) in [6, 6.07) is 0. The molecule has 0 aromatic heterocycles. The Morgan fingerprint density at radius 3 is 1.62 bits per heavy atom. The molecule has 0 saturated carbocycles. The number of carbonyl (C=O) groups is 1. The first-order valence-corrected chi connectivity index (χ1v) is 22.9. The van der Waals surface area contributed by atoms with Gasteiger partial charge in [-0.05, 0) is 104 Å². The standard InChI is InChI=1S/C44H75NO3.C5H13NO/c1-3-5-7-9-11-13-15-17-19-21-23-25-27-29-31-33-37-44(47-41-43(48-44)36-35-39-45(40-43)42-46)38-34-32-30-28-26-24-22-20-18-16-14-12-10-8-6-4-2;1-6(2)4-5-7-3/h5,7,11-14,17-20,42H,3-4,6,8-10,15-16,21-41H2,1-2H3;4-5H2,1-3H3/b7-5-,13-11-,14-12-,19-17-,20-18-;. The Bertz CT molecular complexity index is 1020. The molecule has 1 amide bonds. The van der Waals surface area contributed by atoms with Crippen LogP contribution in [0, 0.1) is 0 Å². The van der Waals surface area contributed by atoms with Gasteiger partial charge in [-0.25, -0.2) is 0 Å². The fourth-order valence-corrected chi connectivity index (χ4v) is 7.36. The topological polar surface area (TPSA) is 51.2 Å². The highest BCUT2D eigenvalue weighted by Crippen LogP contribution is 2.43. The van der Waals surface area contributed by atoms with Crippen molar-refractivity contribution < 1.29 is 19.0 Å². The van der Waals surface area contributed by atoms with Crippen LogP contribution >= 0.6 is 0 Å². The number of nitrogens with zero attached hydrogens (tertiary/aromatic N) is 2. The monoisotopic (exact) mass is 769 g/mol. The summed E-state index contributed by atoms with van der Waals surface area (Å²) >= 11 is 0. The van der Waals surface area contributed by atoms with E-state index in [-0.39, 0.29) is 5.60 Å². The predicted octanol–water partition coefficient (Wildman–Crippen LogP) is 13.1. The minimum atomic E-state index is -0.452. The normalized spacial score (nSPS) is 20.4. The van der Waals surface area contributed by atoms with Crippen molar-refractivity contribution in [2.45, 2.75) is 192 Å². The van der Waals surface area contributed by atoms with Gasteiger partial charge in [-0.1, -0.05) is 139 Å². The van der Waals surface area contributed by atoms with Crippen molar-refractivity contribution in [2.75, 3.05) is 54.1 Å². The zero-order chi connectivity index (χ0) is 40.0. The largest absolute Gasteiger partial charge is 0.383 e. The van der Waals surface area contributed by atoms with Crippen LogP contribution in [0.5, 0.6) is 0 Å². The molecule has 2 aliphatic heterocycles. The zero-order valence-corrected chi connectivity index (χ0v) is 36.8. The Kier molecular flexibility index (Phi) is 33.7. The van der Waals surface area contributed by atoms with Crippen LogP contribution in [0.4, 0.5) is 0 Å². The molecule has 0 N–H and O–H groups in total. The number of unbranched alkanes of at least 4 members (excludes halogenated alkanes) is 15. The van der Waals surface area contributed by atoms with Gasteiger partial charge >= 0.3 is 0 Å². The molecule has 2 atom stereocenters. The van der Waals surface area contributed by atoms with E-state index in [0.29, 0.717) is 13.2 Å². The van der Waals surface area contributed by atoms with Gasteiger partial charge in [0.05, 0.1) is 19.8 Å². The molecule has 2 fully saturated rings. The number of piperidine rings is 1. The van der Waals surface area contributed by atoms with E-state index in [4.69, 9.17) is 14.2 Å². The van der Waals surface area contributed by atoms with Crippen molar-refractivity contribution in [3.05, 3.63) is 60.8 Å². The van der Waals surface area contributed by atoms with Gasteiger partial charge in [0.15, 0.2) is 5.79 Å². The van der Waals surface area contributed by atoms with E-state index in [1.165, 1.54) is 103 Å². The van der Waals surface area contributed by atoms with Gasteiger partial charge in [-0.3, -0.25) is 4.79 Å². The Hall–Kier alpha value is -1.99. The van der Waals surface area contributed by atoms with E-state index >= 15 is 0 Å². The fraction of sp³-hybridized carbons (Fsp3) is 0.776. The lowest BCUT2D eigenvalue weighted by molar-refractivity contribution is -0.205. The molecule has 2 unspecified atom stereocenters. The number of amides is 1. The molecule has 6 nitrogen and oxygen atoms in total. The number of methoxy groups -OCH3 is 1. The maximum absolute atomic E-state index is 11.6. The Balaban J connectivity index is 0.00000196. The van der Waals surface area contributed by atoms with Gasteiger partial charge in [0, 0.05) is 33.0 Å². The summed E-state index contributed by atoms with van der Waals surface area (Å²) in [5.41, 5.74) is -0.299. The molecule has 318 valence electrons. The lowest BCUT2D eigenvalue weighted by atomic mass is 9.93. The SMILES string of the molecule is CC/C=C\C/C=C\C/C=C\CCCCCCCCC1(CCCCCCCC/C=C\C/C=C\CCCCC)OCC2(CCCN(C=O)C2)O1.COCCN(C)C. The van der Waals surface area contributed by atoms with Crippen molar-refractivity contribution in [1.29, 1.82) is 0 Å². The van der Waals surface area contributed by atoms with Crippen LogP contribution in [0.2, 0.25) is 0 Å². The zero-order valence-electron chi connectivity index (χ0n) is 36.8. The predicted molar refractivity (Wildman–Crippen MR) is 238 cm³/mol. The number of rotatable bonds is 33. The Morgan fingerprint density at radius 2 is 1.15 bits per heavy atom. The van der Waals surface area contributed by atoms with E-state index in [1.807, 2.05) is 19.0 Å². The molecular weight excluding hydrogens is 681 g/mol. The molecule has 55 heavy (non-hydrogen) atoms. The third kappa shape index (κ3) is 29.0. The first-order valence-electron chi connectivity index (χ1n) is 22.9. The third-order valence-corrected chi connectivity index (χ3v) is 10.7. The third-order valence-electron chi connectivity index (χ3n) is 10.7. The van der Waals surface area contributed by atoms with Crippen LogP contribution in [-0.2, 0) is 19.0 Å². The van der Waals surface area contributed by atoms with Crippen LogP contribution in [0.25, 0.3) is 0 Å². The average molecular weight is 769 g/mol. The quantitative estimate of drug-likeness (QED) is 0.0378. The lowest BCUT2D eigenvalue weighted by Gasteiger charge is -2.39. The van der Waals surface area contributed by atoms with Crippen molar-refractivity contribution in [2.24, 2.45) is 0 Å². The molecule has 6 heteroatoms. The number of likely N-dealkylation sites (tertiary alicyclic amines) is 1. The molecular formula is C49H88N2O4. The molecule has 2 aliphatic rings. The van der Waals surface area contributed by atoms with Crippen molar-refractivity contribution >= 4 is 6.41 Å². The number of likely N-dealkylation sites (N-methyl/N-ethyl adjacent to an activating group) is 1. The van der Waals surface area contributed by atoms with E-state index in [9.17, 15) is 4.79 Å². The highest BCUT2D eigenvalue weighted by molar-refractivity contribution is 5.47. The van der Waals surface area contributed by atoms with Crippen LogP contribution < -0.4 is 0 Å². The molecule has 0 aromatic carbocycles. The molecule has 2 saturated heterocycles. The highest BCUT2D eigenvalue weighted by Gasteiger charge is 2.51. The summed E-state index contributed by atoms with van der Waals surface area (Å²) in [5.74, 6) is -0.452. The highest BCUT2D eigenvalue weighted by atomic mass is 16.8. The second-order valence-electron chi connectivity index (χ2n) is 16.2. The number of carbonyl (C=O) groups excluding carboxylic acids is 1. The Labute approximate surface area is 341 Å². The summed E-state index contributed by atoms with van der Waals surface area (Å²) in [4.78, 5) is 15.5. The molecule has 2 rings (SSSR count). The van der Waals surface area contributed by atoms with Crippen molar-refractivity contribution in [1.82, 2.24) is 9.80 Å². The van der Waals surface area contributed by atoms with E-state index < -0.39 is 5.79 Å². The van der Waals surface area contributed by atoms with E-state index in [0.717, 1.165) is 90.3 Å². The maximum atomic E-state index is 11.6. The van der Waals surface area contributed by atoms with Crippen LogP contribution in [0.1, 0.15) is 181 Å². The molecule has 1 spiro atoms. The minimum absolute atomic E-state index is 0.299. The van der Waals surface area contributed by atoms with Crippen LogP contribution in [-0.4, -0.2) is 81.7 Å². The molecule has 0 radical (unpaired) electrons. The van der Waals surface area contributed by atoms with Gasteiger partial charge in [0.2, 0.25) is 6.41 Å². The van der Waals surface area contributed by atoms with Crippen molar-refractivity contribution in [3.8, 4) is 0 Å². The first kappa shape index (κ1) is 51.0. The summed E-state index contributed by atoms with van der Waals surface area (Å²) in [7, 11) is 5.77. The summed E-state index contributed by atoms with van der Waals surface area (Å²) in [6.45, 7) is 8.44. The molecule has 0 bridgehead atoms. The fourth-order valence-electron chi connectivity index (χ4n) is 7.36. The molecule has 0 aliphatic carbocycles. The van der Waals surface area contributed by atoms with E-state index in [2.05, 4.69) is 79.5 Å². The first-order chi connectivity index (χ1) is 26.9. The van der Waals surface area contributed by atoms with E-state index in [1.54, 1.807) is 7.11 Å². The summed E-state index contributed by atoms with van der Waals surface area (Å²) in [5, 5.41) is 0. The van der Waals surface area contributed by atoms with Gasteiger partial charge in [0.25, 0.3) is 0 Å². The number of ether oxygens (including phenoxy) is 3.